The molecule has 3 N–H and O–H groups in total. The van der Waals surface area contributed by atoms with Crippen molar-refractivity contribution in [3.05, 3.63) is 29.3 Å². The summed E-state index contributed by atoms with van der Waals surface area (Å²) in [5, 5.41) is 8.91. The highest BCUT2D eigenvalue weighted by Crippen LogP contribution is 2.19. The van der Waals surface area contributed by atoms with Crippen LogP contribution in [0.3, 0.4) is 0 Å². The second-order valence-corrected chi connectivity index (χ2v) is 4.78. The van der Waals surface area contributed by atoms with Gasteiger partial charge in [0.05, 0.1) is 11.0 Å². The van der Waals surface area contributed by atoms with Crippen LogP contribution in [0.5, 0.6) is 0 Å². The first-order valence-corrected chi connectivity index (χ1v) is 5.51. The maximum atomic E-state index is 11.8. The molecule has 1 rings (SSSR count). The summed E-state index contributed by atoms with van der Waals surface area (Å²) >= 11 is 0. The minimum atomic E-state index is -1.11. The van der Waals surface area contributed by atoms with Crippen molar-refractivity contribution in [1.29, 1.82) is 0 Å². The summed E-state index contributed by atoms with van der Waals surface area (Å²) in [4.78, 5) is 22.7. The smallest absolute Gasteiger partial charge is 0.338 e. The van der Waals surface area contributed by atoms with Gasteiger partial charge in [0, 0.05) is 5.69 Å². The van der Waals surface area contributed by atoms with Crippen LogP contribution in [-0.4, -0.2) is 23.7 Å². The number of carbonyl (C=O) groups is 2. The van der Waals surface area contributed by atoms with Gasteiger partial charge in [0.25, 0.3) is 0 Å². The number of carboxylic acids is 1. The summed E-state index contributed by atoms with van der Waals surface area (Å²) in [5.41, 5.74) is 6.07. The number of anilines is 1. The molecule has 0 bridgehead atoms. The van der Waals surface area contributed by atoms with Crippen molar-refractivity contribution < 1.29 is 19.4 Å². The average molecular weight is 251 g/mol. The topological polar surface area (TPSA) is 89.6 Å². The van der Waals surface area contributed by atoms with Crippen molar-refractivity contribution in [2.45, 2.75) is 20.8 Å². The maximum Gasteiger partial charge on any atom is 0.338 e. The zero-order valence-electron chi connectivity index (χ0n) is 10.7. The number of rotatable bonds is 4. The van der Waals surface area contributed by atoms with E-state index in [1.165, 1.54) is 13.8 Å². The fourth-order valence-electron chi connectivity index (χ4n) is 1.26. The van der Waals surface area contributed by atoms with E-state index >= 15 is 0 Å². The number of hydrogen-bond donors (Lipinski definition) is 2. The molecule has 5 nitrogen and oxygen atoms in total. The Morgan fingerprint density at radius 1 is 1.39 bits per heavy atom. The first-order valence-electron chi connectivity index (χ1n) is 5.51. The minimum Gasteiger partial charge on any atom is -0.481 e. The van der Waals surface area contributed by atoms with Crippen molar-refractivity contribution in [3.63, 3.8) is 0 Å². The number of esters is 1. The van der Waals surface area contributed by atoms with Crippen LogP contribution in [0, 0.1) is 12.3 Å². The van der Waals surface area contributed by atoms with Gasteiger partial charge in [-0.05, 0) is 38.5 Å². The number of carbonyl (C=O) groups excluding carboxylic acids is 1. The maximum absolute atomic E-state index is 11.8. The standard InChI is InChI=1S/C13H17NO4/c1-8-9(5-4-6-10(8)14)11(15)18-7-13(2,3)12(16)17/h4-6H,7,14H2,1-3H3,(H,16,17). The van der Waals surface area contributed by atoms with E-state index in [0.717, 1.165) is 0 Å². The molecule has 0 aromatic heterocycles. The Balaban J connectivity index is 2.78. The number of aliphatic carboxylic acids is 1. The highest BCUT2D eigenvalue weighted by atomic mass is 16.5. The van der Waals surface area contributed by atoms with Crippen molar-refractivity contribution in [3.8, 4) is 0 Å². The summed E-state index contributed by atoms with van der Waals surface area (Å²) in [6.45, 7) is 4.52. The van der Waals surface area contributed by atoms with E-state index in [0.29, 0.717) is 16.8 Å². The van der Waals surface area contributed by atoms with E-state index in [-0.39, 0.29) is 6.61 Å². The Hall–Kier alpha value is -2.04. The normalized spacial score (nSPS) is 11.1. The zero-order chi connectivity index (χ0) is 13.9. The van der Waals surface area contributed by atoms with Gasteiger partial charge in [-0.2, -0.15) is 0 Å². The molecule has 0 fully saturated rings. The molecular formula is C13H17NO4. The number of hydrogen-bond acceptors (Lipinski definition) is 4. The third-order valence-electron chi connectivity index (χ3n) is 2.74. The van der Waals surface area contributed by atoms with E-state index < -0.39 is 17.4 Å². The molecule has 0 radical (unpaired) electrons. The number of nitrogen functional groups attached to an aromatic ring is 1. The van der Waals surface area contributed by atoms with Crippen molar-refractivity contribution in [2.24, 2.45) is 5.41 Å². The van der Waals surface area contributed by atoms with Gasteiger partial charge in [0.15, 0.2) is 0 Å². The van der Waals surface area contributed by atoms with Crippen LogP contribution in [-0.2, 0) is 9.53 Å². The van der Waals surface area contributed by atoms with Gasteiger partial charge >= 0.3 is 11.9 Å². The summed E-state index contributed by atoms with van der Waals surface area (Å²) in [7, 11) is 0. The molecule has 0 aliphatic carbocycles. The average Bonchev–Trinajstić information content (AvgIpc) is 2.29. The lowest BCUT2D eigenvalue weighted by molar-refractivity contribution is -0.149. The van der Waals surface area contributed by atoms with Crippen molar-refractivity contribution in [2.75, 3.05) is 12.3 Å². The van der Waals surface area contributed by atoms with E-state index in [2.05, 4.69) is 0 Å². The lowest BCUT2D eigenvalue weighted by Crippen LogP contribution is -2.30. The molecule has 1 aromatic rings. The Morgan fingerprint density at radius 2 is 2.00 bits per heavy atom. The molecule has 0 amide bonds. The van der Waals surface area contributed by atoms with Crippen LogP contribution in [0.1, 0.15) is 29.8 Å². The molecule has 0 heterocycles. The molecule has 0 aliphatic rings. The lowest BCUT2D eigenvalue weighted by atomic mass is 9.95. The van der Waals surface area contributed by atoms with Crippen LogP contribution >= 0.6 is 0 Å². The van der Waals surface area contributed by atoms with Gasteiger partial charge in [-0.1, -0.05) is 6.07 Å². The number of carboxylic acid groups (broad SMARTS) is 1. The summed E-state index contributed by atoms with van der Waals surface area (Å²) in [5.74, 6) is -1.58. The first kappa shape index (κ1) is 14.0. The molecule has 0 saturated heterocycles. The van der Waals surface area contributed by atoms with Crippen LogP contribution in [0.25, 0.3) is 0 Å². The Bertz CT molecular complexity index is 480. The predicted molar refractivity (Wildman–Crippen MR) is 67.3 cm³/mol. The Kier molecular flexibility index (Phi) is 3.96. The number of benzene rings is 1. The van der Waals surface area contributed by atoms with Crippen molar-refractivity contribution >= 4 is 17.6 Å². The van der Waals surface area contributed by atoms with Gasteiger partial charge in [-0.15, -0.1) is 0 Å². The molecule has 1 aromatic carbocycles. The van der Waals surface area contributed by atoms with Crippen LogP contribution < -0.4 is 5.73 Å². The van der Waals surface area contributed by atoms with Gasteiger partial charge in [0.2, 0.25) is 0 Å². The van der Waals surface area contributed by atoms with Gasteiger partial charge < -0.3 is 15.6 Å². The van der Waals surface area contributed by atoms with E-state index in [1.807, 2.05) is 0 Å². The van der Waals surface area contributed by atoms with E-state index in [1.54, 1.807) is 25.1 Å². The minimum absolute atomic E-state index is 0.185. The lowest BCUT2D eigenvalue weighted by Gasteiger charge is -2.19. The van der Waals surface area contributed by atoms with Gasteiger partial charge in [0.1, 0.15) is 6.61 Å². The monoisotopic (exact) mass is 251 g/mol. The predicted octanol–water partition coefficient (Wildman–Crippen LogP) is 1.84. The molecule has 0 atom stereocenters. The molecule has 5 heteroatoms. The fourth-order valence-corrected chi connectivity index (χ4v) is 1.26. The molecule has 0 saturated carbocycles. The zero-order valence-corrected chi connectivity index (χ0v) is 10.7. The second-order valence-electron chi connectivity index (χ2n) is 4.78. The third-order valence-corrected chi connectivity index (χ3v) is 2.74. The number of nitrogens with two attached hydrogens (primary N) is 1. The SMILES string of the molecule is Cc1c(N)cccc1C(=O)OCC(C)(C)C(=O)O. The quantitative estimate of drug-likeness (QED) is 0.629. The van der Waals surface area contributed by atoms with Crippen molar-refractivity contribution in [1.82, 2.24) is 0 Å². The van der Waals surface area contributed by atoms with Crippen LogP contribution in [0.4, 0.5) is 5.69 Å². The van der Waals surface area contributed by atoms with Crippen LogP contribution in [0.2, 0.25) is 0 Å². The first-order chi connectivity index (χ1) is 8.25. The highest BCUT2D eigenvalue weighted by molar-refractivity contribution is 5.92. The van der Waals surface area contributed by atoms with Gasteiger partial charge in [-0.3, -0.25) is 4.79 Å². The molecule has 0 aliphatic heterocycles. The summed E-state index contributed by atoms with van der Waals surface area (Å²) < 4.78 is 5.01. The molecule has 18 heavy (non-hydrogen) atoms. The highest BCUT2D eigenvalue weighted by Gasteiger charge is 2.29. The van der Waals surface area contributed by atoms with Crippen LogP contribution in [0.15, 0.2) is 18.2 Å². The number of ether oxygens (including phenoxy) is 1. The Labute approximate surface area is 106 Å². The fraction of sp³-hybridized carbons (Fsp3) is 0.385. The van der Waals surface area contributed by atoms with Gasteiger partial charge in [-0.25, -0.2) is 4.79 Å². The third kappa shape index (κ3) is 3.00. The molecule has 0 spiro atoms. The largest absolute Gasteiger partial charge is 0.481 e. The van der Waals surface area contributed by atoms with E-state index in [4.69, 9.17) is 15.6 Å². The molecule has 98 valence electrons. The summed E-state index contributed by atoms with van der Waals surface area (Å²) in [6.07, 6.45) is 0. The summed E-state index contributed by atoms with van der Waals surface area (Å²) in [6, 6.07) is 4.94. The van der Waals surface area contributed by atoms with E-state index in [9.17, 15) is 9.59 Å². The molecule has 0 unspecified atom stereocenters. The Morgan fingerprint density at radius 3 is 2.56 bits per heavy atom. The second kappa shape index (κ2) is 5.08. The molecular weight excluding hydrogens is 234 g/mol.